The second-order valence-electron chi connectivity index (χ2n) is 3.87. The predicted molar refractivity (Wildman–Crippen MR) is 63.0 cm³/mol. The van der Waals surface area contributed by atoms with Crippen molar-refractivity contribution in [3.8, 4) is 0 Å². The Hall–Kier alpha value is -2.23. The molecule has 0 aliphatic rings. The molecule has 3 nitrogen and oxygen atoms in total. The smallest absolute Gasteiger partial charge is 0.123 e. The third kappa shape index (κ3) is 1.89. The fraction of sp³-hybridized carbons (Fsp3) is 0.0769. The van der Waals surface area contributed by atoms with Crippen molar-refractivity contribution in [1.29, 1.82) is 0 Å². The molecule has 2 aromatic carbocycles. The van der Waals surface area contributed by atoms with Crippen LogP contribution < -0.4 is 0 Å². The fourth-order valence-corrected chi connectivity index (χ4v) is 1.84. The number of benzene rings is 2. The molecule has 0 fully saturated rings. The lowest BCUT2D eigenvalue weighted by atomic mass is 10.2. The van der Waals surface area contributed by atoms with E-state index >= 15 is 0 Å². The molecular weight excluding hydrogens is 217 g/mol. The zero-order valence-electron chi connectivity index (χ0n) is 9.05. The molecule has 84 valence electrons. The number of rotatable bonds is 2. The Balaban J connectivity index is 2.00. The molecule has 0 bridgehead atoms. The van der Waals surface area contributed by atoms with Crippen molar-refractivity contribution in [2.45, 2.75) is 6.54 Å². The number of hydrogen-bond donors (Lipinski definition) is 0. The first-order valence-corrected chi connectivity index (χ1v) is 5.35. The molecule has 1 heterocycles. The molecular formula is C13H10FN3. The summed E-state index contributed by atoms with van der Waals surface area (Å²) in [4.78, 5) is 0. The van der Waals surface area contributed by atoms with Gasteiger partial charge in [-0.05, 0) is 29.8 Å². The van der Waals surface area contributed by atoms with Gasteiger partial charge in [-0.1, -0.05) is 29.5 Å². The van der Waals surface area contributed by atoms with Crippen LogP contribution in [0.25, 0.3) is 11.0 Å². The van der Waals surface area contributed by atoms with E-state index in [1.165, 1.54) is 12.1 Å². The van der Waals surface area contributed by atoms with Crippen molar-refractivity contribution in [1.82, 2.24) is 15.0 Å². The summed E-state index contributed by atoms with van der Waals surface area (Å²) in [5.74, 6) is -0.230. The summed E-state index contributed by atoms with van der Waals surface area (Å²) in [7, 11) is 0. The highest BCUT2D eigenvalue weighted by atomic mass is 19.1. The first-order chi connectivity index (χ1) is 8.33. The molecule has 0 N–H and O–H groups in total. The minimum Gasteiger partial charge on any atom is -0.240 e. The Morgan fingerprint density at radius 1 is 1.06 bits per heavy atom. The van der Waals surface area contributed by atoms with Crippen LogP contribution >= 0.6 is 0 Å². The van der Waals surface area contributed by atoms with Gasteiger partial charge in [-0.15, -0.1) is 5.10 Å². The normalized spacial score (nSPS) is 10.9. The quantitative estimate of drug-likeness (QED) is 0.673. The van der Waals surface area contributed by atoms with Crippen molar-refractivity contribution in [2.75, 3.05) is 0 Å². The summed E-state index contributed by atoms with van der Waals surface area (Å²) in [6.45, 7) is 0.526. The van der Waals surface area contributed by atoms with Crippen LogP contribution in [-0.4, -0.2) is 15.0 Å². The Morgan fingerprint density at radius 3 is 2.82 bits per heavy atom. The van der Waals surface area contributed by atoms with Gasteiger partial charge in [0.2, 0.25) is 0 Å². The summed E-state index contributed by atoms with van der Waals surface area (Å²) in [6.07, 6.45) is 0. The third-order valence-electron chi connectivity index (χ3n) is 2.64. The van der Waals surface area contributed by atoms with Gasteiger partial charge >= 0.3 is 0 Å². The molecule has 0 saturated carbocycles. The van der Waals surface area contributed by atoms with E-state index in [0.717, 1.165) is 16.6 Å². The maximum atomic E-state index is 13.1. The van der Waals surface area contributed by atoms with E-state index in [4.69, 9.17) is 0 Å². The Bertz CT molecular complexity index is 660. The van der Waals surface area contributed by atoms with Gasteiger partial charge in [0.05, 0.1) is 12.1 Å². The van der Waals surface area contributed by atoms with Gasteiger partial charge in [-0.2, -0.15) is 0 Å². The van der Waals surface area contributed by atoms with Gasteiger partial charge in [0.1, 0.15) is 11.3 Å². The summed E-state index contributed by atoms with van der Waals surface area (Å²) in [6, 6.07) is 14.2. The van der Waals surface area contributed by atoms with E-state index in [2.05, 4.69) is 10.3 Å². The maximum Gasteiger partial charge on any atom is 0.123 e. The van der Waals surface area contributed by atoms with E-state index in [0.29, 0.717) is 6.54 Å². The molecule has 0 aliphatic heterocycles. The Kier molecular flexibility index (Phi) is 2.33. The van der Waals surface area contributed by atoms with E-state index < -0.39 is 0 Å². The molecule has 4 heteroatoms. The lowest BCUT2D eigenvalue weighted by Crippen LogP contribution is -2.01. The molecule has 0 aliphatic carbocycles. The van der Waals surface area contributed by atoms with Crippen molar-refractivity contribution >= 4 is 11.0 Å². The molecule has 0 atom stereocenters. The molecule has 17 heavy (non-hydrogen) atoms. The molecule has 0 radical (unpaired) electrons. The zero-order chi connectivity index (χ0) is 11.7. The minimum absolute atomic E-state index is 0.230. The van der Waals surface area contributed by atoms with Gasteiger partial charge in [0.25, 0.3) is 0 Å². The number of aromatic nitrogens is 3. The third-order valence-corrected chi connectivity index (χ3v) is 2.64. The van der Waals surface area contributed by atoms with Crippen molar-refractivity contribution in [3.05, 3.63) is 59.9 Å². The molecule has 1 aromatic heterocycles. The molecule has 0 spiro atoms. The van der Waals surface area contributed by atoms with Crippen LogP contribution in [0.5, 0.6) is 0 Å². The van der Waals surface area contributed by atoms with Crippen LogP contribution in [0.15, 0.2) is 48.5 Å². The van der Waals surface area contributed by atoms with E-state index in [1.807, 2.05) is 30.3 Å². The van der Waals surface area contributed by atoms with Crippen LogP contribution in [-0.2, 0) is 6.54 Å². The van der Waals surface area contributed by atoms with Crippen LogP contribution in [0.1, 0.15) is 5.56 Å². The average molecular weight is 227 g/mol. The van der Waals surface area contributed by atoms with Gasteiger partial charge < -0.3 is 0 Å². The number of nitrogens with zero attached hydrogens (tertiary/aromatic N) is 3. The molecule has 3 aromatic rings. The molecule has 0 saturated heterocycles. The molecule has 0 amide bonds. The SMILES string of the molecule is Fc1cccc(Cn2nnc3ccccc32)c1. The Labute approximate surface area is 97.5 Å². The number of hydrogen-bond acceptors (Lipinski definition) is 2. The van der Waals surface area contributed by atoms with Crippen molar-refractivity contribution in [3.63, 3.8) is 0 Å². The molecule has 0 unspecified atom stereocenters. The highest BCUT2D eigenvalue weighted by Crippen LogP contribution is 2.12. The average Bonchev–Trinajstić information content (AvgIpc) is 2.73. The van der Waals surface area contributed by atoms with E-state index in [1.54, 1.807) is 10.7 Å². The number of para-hydroxylation sites is 1. The van der Waals surface area contributed by atoms with Gasteiger partial charge in [-0.3, -0.25) is 0 Å². The summed E-state index contributed by atoms with van der Waals surface area (Å²) >= 11 is 0. The fourth-order valence-electron chi connectivity index (χ4n) is 1.84. The highest BCUT2D eigenvalue weighted by Gasteiger charge is 2.04. The lowest BCUT2D eigenvalue weighted by Gasteiger charge is -2.02. The second-order valence-corrected chi connectivity index (χ2v) is 3.87. The van der Waals surface area contributed by atoms with Crippen LogP contribution in [0.3, 0.4) is 0 Å². The second kappa shape index (κ2) is 3.97. The standard InChI is InChI=1S/C13H10FN3/c14-11-5-3-4-10(8-11)9-17-13-7-2-1-6-12(13)15-16-17/h1-8H,9H2. The number of fused-ring (bicyclic) bond motifs is 1. The van der Waals surface area contributed by atoms with Crippen LogP contribution in [0, 0.1) is 5.82 Å². The van der Waals surface area contributed by atoms with Crippen LogP contribution in [0.2, 0.25) is 0 Å². The van der Waals surface area contributed by atoms with Crippen molar-refractivity contribution in [2.24, 2.45) is 0 Å². The molecule has 3 rings (SSSR count). The topological polar surface area (TPSA) is 30.7 Å². The van der Waals surface area contributed by atoms with E-state index in [9.17, 15) is 4.39 Å². The predicted octanol–water partition coefficient (Wildman–Crippen LogP) is 2.62. The summed E-state index contributed by atoms with van der Waals surface area (Å²) in [5.41, 5.74) is 2.68. The first-order valence-electron chi connectivity index (χ1n) is 5.35. The first kappa shape index (κ1) is 9.96. The Morgan fingerprint density at radius 2 is 1.94 bits per heavy atom. The summed E-state index contributed by atoms with van der Waals surface area (Å²) in [5, 5.41) is 8.12. The highest BCUT2D eigenvalue weighted by molar-refractivity contribution is 5.73. The van der Waals surface area contributed by atoms with Gasteiger partial charge in [0, 0.05) is 0 Å². The van der Waals surface area contributed by atoms with Gasteiger partial charge in [0.15, 0.2) is 0 Å². The van der Waals surface area contributed by atoms with Gasteiger partial charge in [-0.25, -0.2) is 9.07 Å². The van der Waals surface area contributed by atoms with Crippen LogP contribution in [0.4, 0.5) is 4.39 Å². The zero-order valence-corrected chi connectivity index (χ0v) is 9.05. The van der Waals surface area contributed by atoms with E-state index in [-0.39, 0.29) is 5.82 Å². The monoisotopic (exact) mass is 227 g/mol. The largest absolute Gasteiger partial charge is 0.240 e. The number of halogens is 1. The minimum atomic E-state index is -0.230. The summed E-state index contributed by atoms with van der Waals surface area (Å²) < 4.78 is 14.8. The van der Waals surface area contributed by atoms with Crippen molar-refractivity contribution < 1.29 is 4.39 Å². The lowest BCUT2D eigenvalue weighted by molar-refractivity contribution is 0.618. The maximum absolute atomic E-state index is 13.1.